The topological polar surface area (TPSA) is 65.7 Å². The van der Waals surface area contributed by atoms with Gasteiger partial charge in [-0.1, -0.05) is 18.2 Å². The van der Waals surface area contributed by atoms with Gasteiger partial charge in [0.25, 0.3) is 0 Å². The number of anilines is 1. The first-order valence-corrected chi connectivity index (χ1v) is 9.69. The summed E-state index contributed by atoms with van der Waals surface area (Å²) < 4.78 is 42.3. The summed E-state index contributed by atoms with van der Waals surface area (Å²) in [4.78, 5) is 10.2. The molecule has 0 amide bonds. The quantitative estimate of drug-likeness (QED) is 0.586. The van der Waals surface area contributed by atoms with Crippen molar-refractivity contribution in [3.8, 4) is 0 Å². The number of aliphatic imine (C=N–C) groups is 1. The molecule has 1 aliphatic heterocycles. The summed E-state index contributed by atoms with van der Waals surface area (Å²) in [5.41, 5.74) is -2.25. The van der Waals surface area contributed by atoms with Gasteiger partial charge in [-0.2, -0.15) is 13.2 Å². The smallest absolute Gasteiger partial charge is 0.374 e. The molecule has 2 N–H and O–H groups in total. The van der Waals surface area contributed by atoms with Crippen molar-refractivity contribution in [1.82, 2.24) is 14.5 Å². The van der Waals surface area contributed by atoms with Crippen LogP contribution >= 0.6 is 0 Å². The van der Waals surface area contributed by atoms with Crippen LogP contribution in [0.25, 0.3) is 0 Å². The number of hydrogen-bond acceptors (Lipinski definition) is 3. The van der Waals surface area contributed by atoms with E-state index in [0.29, 0.717) is 5.96 Å². The molecular formula is C20H26F3N5O. The van der Waals surface area contributed by atoms with E-state index in [9.17, 15) is 18.3 Å². The fourth-order valence-electron chi connectivity index (χ4n) is 3.44. The summed E-state index contributed by atoms with van der Waals surface area (Å²) in [6.07, 6.45) is 0.290. The summed E-state index contributed by atoms with van der Waals surface area (Å²) in [5, 5.41) is 13.7. The van der Waals surface area contributed by atoms with Gasteiger partial charge in [-0.05, 0) is 31.4 Å². The Kier molecular flexibility index (Phi) is 6.46. The van der Waals surface area contributed by atoms with E-state index in [1.165, 1.54) is 24.0 Å². The number of guanidine groups is 1. The summed E-state index contributed by atoms with van der Waals surface area (Å²) in [7, 11) is 1.43. The fourth-order valence-corrected chi connectivity index (χ4v) is 3.44. The van der Waals surface area contributed by atoms with E-state index in [0.717, 1.165) is 38.0 Å². The molecule has 1 aromatic heterocycles. The number of nitrogens with zero attached hydrogens (tertiary/aromatic N) is 4. The van der Waals surface area contributed by atoms with Crippen molar-refractivity contribution < 1.29 is 18.3 Å². The van der Waals surface area contributed by atoms with Crippen LogP contribution in [0.15, 0.2) is 47.7 Å². The van der Waals surface area contributed by atoms with Gasteiger partial charge in [-0.3, -0.25) is 4.99 Å². The maximum atomic E-state index is 13.7. The first kappa shape index (κ1) is 21.2. The van der Waals surface area contributed by atoms with Gasteiger partial charge in [-0.25, -0.2) is 4.98 Å². The lowest BCUT2D eigenvalue weighted by Crippen LogP contribution is -2.45. The Morgan fingerprint density at radius 2 is 1.86 bits per heavy atom. The molecule has 1 aromatic carbocycles. The van der Waals surface area contributed by atoms with Crippen molar-refractivity contribution >= 4 is 11.6 Å². The predicted octanol–water partition coefficient (Wildman–Crippen LogP) is 3.51. The lowest BCUT2D eigenvalue weighted by molar-refractivity contribution is -0.272. The molecule has 1 atom stereocenters. The van der Waals surface area contributed by atoms with Crippen molar-refractivity contribution in [2.75, 3.05) is 25.0 Å². The zero-order valence-electron chi connectivity index (χ0n) is 16.4. The van der Waals surface area contributed by atoms with Crippen LogP contribution < -0.4 is 5.32 Å². The van der Waals surface area contributed by atoms with Crippen LogP contribution in [0.1, 0.15) is 31.5 Å². The third-order valence-electron chi connectivity index (χ3n) is 5.08. The van der Waals surface area contributed by atoms with Gasteiger partial charge < -0.3 is 19.9 Å². The third-order valence-corrected chi connectivity index (χ3v) is 5.08. The number of likely N-dealkylation sites (tertiary alicyclic amines) is 1. The fraction of sp³-hybridized carbons (Fsp3) is 0.500. The van der Waals surface area contributed by atoms with Crippen molar-refractivity contribution in [1.29, 1.82) is 0 Å². The SMILES string of the molecule is Cn1ccnc1C(O)(CCN=C(Nc1ccccc1)N1CCCCC1)C(F)(F)F. The second kappa shape index (κ2) is 8.86. The van der Waals surface area contributed by atoms with Crippen LogP contribution in [-0.4, -0.2) is 51.3 Å². The number of aliphatic hydroxyl groups is 1. The molecular weight excluding hydrogens is 383 g/mol. The number of para-hydroxylation sites is 1. The minimum atomic E-state index is -4.86. The van der Waals surface area contributed by atoms with Crippen molar-refractivity contribution in [3.05, 3.63) is 48.5 Å². The molecule has 9 heteroatoms. The lowest BCUT2D eigenvalue weighted by atomic mass is 9.98. The lowest BCUT2D eigenvalue weighted by Gasteiger charge is -2.31. The van der Waals surface area contributed by atoms with Crippen LogP contribution in [0.3, 0.4) is 0 Å². The molecule has 2 heterocycles. The highest BCUT2D eigenvalue weighted by molar-refractivity contribution is 5.93. The van der Waals surface area contributed by atoms with Gasteiger partial charge in [-0.15, -0.1) is 0 Å². The molecule has 0 bridgehead atoms. The van der Waals surface area contributed by atoms with E-state index in [2.05, 4.69) is 15.3 Å². The van der Waals surface area contributed by atoms with E-state index in [-0.39, 0.29) is 6.54 Å². The number of nitrogens with one attached hydrogen (secondary N) is 1. The molecule has 2 aromatic rings. The van der Waals surface area contributed by atoms with E-state index in [1.807, 2.05) is 35.2 Å². The number of hydrogen-bond donors (Lipinski definition) is 2. The van der Waals surface area contributed by atoms with E-state index in [4.69, 9.17) is 0 Å². The Bertz CT molecular complexity index is 815. The van der Waals surface area contributed by atoms with Crippen LogP contribution in [0.5, 0.6) is 0 Å². The van der Waals surface area contributed by atoms with Crippen LogP contribution in [0, 0.1) is 0 Å². The van der Waals surface area contributed by atoms with Crippen LogP contribution in [0.2, 0.25) is 0 Å². The largest absolute Gasteiger partial charge is 0.424 e. The Morgan fingerprint density at radius 3 is 2.45 bits per heavy atom. The first-order valence-electron chi connectivity index (χ1n) is 9.69. The predicted molar refractivity (Wildman–Crippen MR) is 106 cm³/mol. The number of piperidine rings is 1. The van der Waals surface area contributed by atoms with Gasteiger partial charge in [0, 0.05) is 51.2 Å². The van der Waals surface area contributed by atoms with Gasteiger partial charge >= 0.3 is 6.18 Å². The Balaban J connectivity index is 1.80. The van der Waals surface area contributed by atoms with Crippen molar-refractivity contribution in [2.24, 2.45) is 12.0 Å². The Hall–Kier alpha value is -2.55. The molecule has 3 rings (SSSR count). The Labute approximate surface area is 168 Å². The second-order valence-electron chi connectivity index (χ2n) is 7.21. The number of imidazole rings is 1. The van der Waals surface area contributed by atoms with Crippen molar-refractivity contribution in [2.45, 2.75) is 37.5 Å². The summed E-state index contributed by atoms with van der Waals surface area (Å²) >= 11 is 0. The molecule has 0 aliphatic carbocycles. The molecule has 158 valence electrons. The van der Waals surface area contributed by atoms with Gasteiger partial charge in [0.05, 0.1) is 0 Å². The third kappa shape index (κ3) is 4.90. The number of rotatable bonds is 5. The van der Waals surface area contributed by atoms with Gasteiger partial charge in [0.2, 0.25) is 5.60 Å². The highest BCUT2D eigenvalue weighted by Crippen LogP contribution is 2.40. The standard InChI is InChI=1S/C20H26F3N5O/c1-27-15-12-24-17(27)19(29,20(21,22)23)10-11-25-18(28-13-6-3-7-14-28)26-16-8-4-2-5-9-16/h2,4-5,8-9,12,15,29H,3,6-7,10-11,13-14H2,1H3,(H,25,26). The Morgan fingerprint density at radius 1 is 1.17 bits per heavy atom. The average molecular weight is 409 g/mol. The number of aryl methyl sites for hydroxylation is 1. The zero-order chi connectivity index (χ0) is 20.9. The minimum absolute atomic E-state index is 0.200. The van der Waals surface area contributed by atoms with Gasteiger partial charge in [0.15, 0.2) is 5.96 Å². The molecule has 0 radical (unpaired) electrons. The molecule has 1 saturated heterocycles. The highest BCUT2D eigenvalue weighted by atomic mass is 19.4. The van der Waals surface area contributed by atoms with Crippen LogP contribution in [0.4, 0.5) is 18.9 Å². The number of aromatic nitrogens is 2. The molecule has 6 nitrogen and oxygen atoms in total. The molecule has 0 spiro atoms. The zero-order valence-corrected chi connectivity index (χ0v) is 16.4. The maximum Gasteiger partial charge on any atom is 0.424 e. The van der Waals surface area contributed by atoms with Crippen molar-refractivity contribution in [3.63, 3.8) is 0 Å². The highest BCUT2D eigenvalue weighted by Gasteiger charge is 2.57. The number of alkyl halides is 3. The number of benzene rings is 1. The molecule has 1 unspecified atom stereocenters. The number of halogens is 3. The monoisotopic (exact) mass is 409 g/mol. The maximum absolute atomic E-state index is 13.7. The normalized spacial score (nSPS) is 17.8. The van der Waals surface area contributed by atoms with E-state index in [1.54, 1.807) is 0 Å². The summed E-state index contributed by atoms with van der Waals surface area (Å²) in [6.45, 7) is 1.39. The molecule has 1 aliphatic rings. The summed E-state index contributed by atoms with van der Waals surface area (Å²) in [5.74, 6) is 0.0935. The molecule has 29 heavy (non-hydrogen) atoms. The average Bonchev–Trinajstić information content (AvgIpc) is 3.14. The molecule has 0 saturated carbocycles. The second-order valence-corrected chi connectivity index (χ2v) is 7.21. The van der Waals surface area contributed by atoms with E-state index < -0.39 is 24.0 Å². The summed E-state index contributed by atoms with van der Waals surface area (Å²) in [6, 6.07) is 9.39. The molecule has 1 fully saturated rings. The van der Waals surface area contributed by atoms with E-state index >= 15 is 0 Å². The first-order chi connectivity index (χ1) is 13.8. The minimum Gasteiger partial charge on any atom is -0.374 e. The van der Waals surface area contributed by atoms with Crippen LogP contribution in [-0.2, 0) is 12.6 Å². The van der Waals surface area contributed by atoms with Gasteiger partial charge in [0.1, 0.15) is 5.82 Å².